The van der Waals surface area contributed by atoms with E-state index in [1.807, 2.05) is 58.3 Å². The predicted octanol–water partition coefficient (Wildman–Crippen LogP) is 4.70. The summed E-state index contributed by atoms with van der Waals surface area (Å²) in [4.78, 5) is 102. The Hall–Kier alpha value is -8.86. The standard InChI is InChI=1S/C67H80FN11O15S2/c1-9-10-16-42-35-53(81)78(63(42)87)27-31-92-30-26-52(80)72-54(37(2)3)62(86)69-39(5)61(85)70-44-23-21-43(41(34-44)22-25-48-56(82)57(83)58(84)59(94-48)65(90)91)36-79(7,8)28-13-15-40-20-24-47(45(68)33-40)93-29-14-19-50-55(64(88)89)73-67(96-50)77(6)51-32-38(4)60(76-75-51)74-66-71-46-17-11-12-18-49(46)95-66/h10-12,16-18,20-21,23-24,32-34,37,39,42,48,54,56-59,82-84H,9,14,19,22,25-31,35-36H2,1-8H3,(H5-,69,70,71,72,74,76,80,85,86,88,89,90,91)/b16-10+/t39-,42?,48-,54-,56-,57+,58-,59-/m0/s1. The molecule has 2 fully saturated rings. The van der Waals surface area contributed by atoms with Gasteiger partial charge in [0.15, 0.2) is 39.6 Å². The number of aliphatic hydroxyl groups is 3. The maximum absolute atomic E-state index is 15.5. The van der Waals surface area contributed by atoms with Gasteiger partial charge in [0, 0.05) is 41.6 Å². The van der Waals surface area contributed by atoms with Crippen LogP contribution in [0.25, 0.3) is 10.2 Å². The zero-order chi connectivity index (χ0) is 69.5. The number of ether oxygens (including phenoxy) is 3. The molecule has 2 saturated heterocycles. The molecule has 0 radical (unpaired) electrons. The summed E-state index contributed by atoms with van der Waals surface area (Å²) in [6, 6.07) is 16.8. The number of nitrogens with one attached hydrogen (secondary N) is 4. The third-order valence-electron chi connectivity index (χ3n) is 16.0. The predicted molar refractivity (Wildman–Crippen MR) is 354 cm³/mol. The number of aryl methyl sites for hydroxylation is 3. The van der Waals surface area contributed by atoms with Crippen LogP contribution in [0.15, 0.2) is 78.9 Å². The minimum Gasteiger partial charge on any atom is -0.543 e. The smallest absolute Gasteiger partial charge is 0.335 e. The highest BCUT2D eigenvalue weighted by Gasteiger charge is 2.47. The molecule has 8 rings (SSSR count). The van der Waals surface area contributed by atoms with E-state index in [9.17, 15) is 59.1 Å². The quantitative estimate of drug-likeness (QED) is 0.00961. The van der Waals surface area contributed by atoms with Crippen LogP contribution in [0.2, 0.25) is 0 Å². The van der Waals surface area contributed by atoms with Crippen molar-refractivity contribution < 1.29 is 82.2 Å². The Morgan fingerprint density at radius 3 is 2.41 bits per heavy atom. The van der Waals surface area contributed by atoms with Gasteiger partial charge in [0.05, 0.1) is 68.7 Å². The molecule has 0 spiro atoms. The number of amides is 5. The van der Waals surface area contributed by atoms with Gasteiger partial charge in [-0.3, -0.25) is 28.9 Å². The Labute approximate surface area is 562 Å². The van der Waals surface area contributed by atoms with E-state index in [1.165, 1.54) is 30.4 Å². The number of carboxylic acids is 2. The number of likely N-dealkylation sites (tertiary alicyclic amines) is 1. The van der Waals surface area contributed by atoms with Gasteiger partial charge in [0.2, 0.25) is 29.5 Å². The van der Waals surface area contributed by atoms with Crippen LogP contribution in [0.5, 0.6) is 5.75 Å². The number of aliphatic carboxylic acids is 1. The molecule has 5 amide bonds. The second-order valence-electron chi connectivity index (χ2n) is 24.4. The average Bonchev–Trinajstić information content (AvgIpc) is 1.03. The number of carbonyl (C=O) groups is 7. The minimum atomic E-state index is -1.89. The van der Waals surface area contributed by atoms with E-state index < -0.39 is 89.9 Å². The molecule has 6 aromatic rings. The van der Waals surface area contributed by atoms with E-state index >= 15 is 4.39 Å². The minimum absolute atomic E-state index is 0.0237. The van der Waals surface area contributed by atoms with Crippen LogP contribution in [0.3, 0.4) is 0 Å². The number of hydrogen-bond acceptors (Lipinski definition) is 22. The van der Waals surface area contributed by atoms with Crippen molar-refractivity contribution in [2.45, 2.75) is 129 Å². The first-order valence-electron chi connectivity index (χ1n) is 31.4. The molecule has 2 aliphatic rings. The van der Waals surface area contributed by atoms with Crippen molar-refractivity contribution in [2.75, 3.05) is 69.6 Å². The van der Waals surface area contributed by atoms with Crippen LogP contribution in [0.1, 0.15) is 97.4 Å². The lowest BCUT2D eigenvalue weighted by Crippen LogP contribution is -2.59. The van der Waals surface area contributed by atoms with Crippen LogP contribution < -0.4 is 36.0 Å². The summed E-state index contributed by atoms with van der Waals surface area (Å²) in [5, 5.41) is 74.8. The lowest BCUT2D eigenvalue weighted by molar-refractivity contribution is -0.896. The Morgan fingerprint density at radius 2 is 1.70 bits per heavy atom. The van der Waals surface area contributed by atoms with Crippen molar-refractivity contribution in [1.29, 1.82) is 0 Å². The van der Waals surface area contributed by atoms with Crippen molar-refractivity contribution in [3.8, 4) is 17.6 Å². The van der Waals surface area contributed by atoms with Crippen molar-refractivity contribution in [2.24, 2.45) is 11.8 Å². The molecule has 8 N–H and O–H groups in total. The van der Waals surface area contributed by atoms with Crippen molar-refractivity contribution in [3.63, 3.8) is 0 Å². The molecule has 1 unspecified atom stereocenters. The van der Waals surface area contributed by atoms with Gasteiger partial charge in [0.1, 0.15) is 49.2 Å². The Morgan fingerprint density at radius 1 is 0.927 bits per heavy atom. The number of thiazole rings is 2. The number of fused-ring (bicyclic) bond motifs is 1. The number of nitrogens with zero attached hydrogens (tertiary/aromatic N) is 7. The summed E-state index contributed by atoms with van der Waals surface area (Å²) in [5.74, 6) is 0.213. The first-order valence-corrected chi connectivity index (χ1v) is 33.0. The topological polar surface area (TPSA) is 357 Å². The first kappa shape index (κ1) is 73.0. The number of halogens is 1. The highest BCUT2D eigenvalue weighted by atomic mass is 32.1. The molecule has 8 atom stereocenters. The Bertz CT molecular complexity index is 3880. The number of rotatable bonds is 31. The summed E-state index contributed by atoms with van der Waals surface area (Å²) < 4.78 is 33.7. The van der Waals surface area contributed by atoms with Crippen LogP contribution in [-0.2, 0) is 57.6 Å². The molecule has 26 nitrogen and oxygen atoms in total. The van der Waals surface area contributed by atoms with E-state index in [1.54, 1.807) is 62.2 Å². The molecule has 96 heavy (non-hydrogen) atoms. The van der Waals surface area contributed by atoms with Gasteiger partial charge >= 0.3 is 5.97 Å². The number of imide groups is 1. The monoisotopic (exact) mass is 1360 g/mol. The molecular weight excluding hydrogens is 1280 g/mol. The second kappa shape index (κ2) is 33.2. The van der Waals surface area contributed by atoms with Gasteiger partial charge in [-0.15, -0.1) is 21.5 Å². The number of carbonyl (C=O) groups excluding carboxylic acids is 6. The van der Waals surface area contributed by atoms with Gasteiger partial charge in [0.25, 0.3) is 0 Å². The summed E-state index contributed by atoms with van der Waals surface area (Å²) in [6.07, 6.45) is -3.41. The molecule has 0 aliphatic carbocycles. The second-order valence-corrected chi connectivity index (χ2v) is 26.5. The zero-order valence-electron chi connectivity index (χ0n) is 54.5. The Balaban J connectivity index is 0.844. The average molecular weight is 1360 g/mol. The summed E-state index contributed by atoms with van der Waals surface area (Å²) in [7, 11) is 5.52. The van der Waals surface area contributed by atoms with E-state index in [0.29, 0.717) is 56.6 Å². The number of carboxylic acid groups (broad SMARTS) is 2. The molecule has 3 aromatic heterocycles. The van der Waals surface area contributed by atoms with Crippen LogP contribution in [0, 0.1) is 36.4 Å². The number of para-hydroxylation sites is 1. The van der Waals surface area contributed by atoms with Gasteiger partial charge in [-0.2, -0.15) is 0 Å². The zero-order valence-corrected chi connectivity index (χ0v) is 56.1. The number of quaternary nitrogens is 1. The van der Waals surface area contributed by atoms with Crippen LogP contribution >= 0.6 is 22.7 Å². The number of anilines is 5. The normalized spacial score (nSPS) is 18.7. The fourth-order valence-electron chi connectivity index (χ4n) is 10.7. The number of hydrogen-bond donors (Lipinski definition) is 8. The highest BCUT2D eigenvalue weighted by Crippen LogP contribution is 2.34. The van der Waals surface area contributed by atoms with E-state index in [0.717, 1.165) is 44.0 Å². The lowest BCUT2D eigenvalue weighted by Gasteiger charge is -2.39. The van der Waals surface area contributed by atoms with E-state index in [4.69, 9.17) is 14.2 Å². The number of benzene rings is 3. The lowest BCUT2D eigenvalue weighted by atomic mass is 9.90. The Kier molecular flexibility index (Phi) is 25.2. The molecular formula is C67H80FN11O15S2. The summed E-state index contributed by atoms with van der Waals surface area (Å²) in [5.41, 5.74) is 3.47. The van der Waals surface area contributed by atoms with Gasteiger partial charge in [-0.1, -0.05) is 68.4 Å². The van der Waals surface area contributed by atoms with Crippen LogP contribution in [0.4, 0.5) is 32.0 Å². The molecule has 3 aromatic carbocycles. The maximum atomic E-state index is 15.5. The van der Waals surface area contributed by atoms with Gasteiger partial charge in [-0.05, 0) is 117 Å². The highest BCUT2D eigenvalue weighted by molar-refractivity contribution is 7.22. The molecule has 512 valence electrons. The van der Waals surface area contributed by atoms with Crippen LogP contribution in [-0.4, -0.2) is 188 Å². The molecule has 0 saturated carbocycles. The SMILES string of the molecule is CC/C=C/C1CC(=O)N(CCOCCC(=O)N[C@H](C(=O)N[C@@H](C)C(=O)Nc2ccc(C[N+](C)(C)CC#Cc3ccc(OCCCc4sc(N(C)c5cc(C)c(Nc6nc7ccccc7s6)nn5)nc4C(=O)[O-])c(F)c3)c(CC[C@@H]3O[C@H](C(=O)O)[C@@H](O)[C@H](O)[C@H]3O)c2)C(C)C)C1=O. The molecule has 2 aliphatic heterocycles. The third kappa shape index (κ3) is 19.2. The molecule has 29 heteroatoms. The molecule has 0 bridgehead atoms. The number of aliphatic hydroxyl groups excluding tert-OH is 3. The third-order valence-corrected chi connectivity index (χ3v) is 18.2. The molecule has 5 heterocycles. The van der Waals surface area contributed by atoms with Gasteiger partial charge in [-0.25, -0.2) is 19.2 Å². The maximum Gasteiger partial charge on any atom is 0.335 e. The summed E-state index contributed by atoms with van der Waals surface area (Å²) in [6.45, 7) is 9.38. The van der Waals surface area contributed by atoms with Crippen molar-refractivity contribution in [1.82, 2.24) is 35.7 Å². The largest absolute Gasteiger partial charge is 0.543 e. The first-order chi connectivity index (χ1) is 45.7. The number of aromatic carboxylic acids is 1. The summed E-state index contributed by atoms with van der Waals surface area (Å²) >= 11 is 2.64. The van der Waals surface area contributed by atoms with E-state index in [-0.39, 0.29) is 92.8 Å². The number of allylic oxidation sites excluding steroid dienone is 1. The number of aromatic nitrogens is 4. The van der Waals surface area contributed by atoms with E-state index in [2.05, 4.69) is 53.3 Å². The fraction of sp³-hybridized carbons (Fsp3) is 0.448. The van der Waals surface area contributed by atoms with Crippen molar-refractivity contribution >= 4 is 102 Å². The van der Waals surface area contributed by atoms with Gasteiger partial charge < -0.3 is 75.2 Å². The van der Waals surface area contributed by atoms with Crippen molar-refractivity contribution in [3.05, 3.63) is 118 Å². The fourth-order valence-corrected chi connectivity index (χ4v) is 12.6.